The van der Waals surface area contributed by atoms with E-state index in [0.29, 0.717) is 18.7 Å². The van der Waals surface area contributed by atoms with Crippen LogP contribution < -0.4 is 4.74 Å². The van der Waals surface area contributed by atoms with E-state index in [1.807, 2.05) is 0 Å². The highest BCUT2D eigenvalue weighted by Gasteiger charge is 2.39. The van der Waals surface area contributed by atoms with Gasteiger partial charge in [-0.05, 0) is 30.7 Å². The first-order chi connectivity index (χ1) is 13.8. The Labute approximate surface area is 168 Å². The van der Waals surface area contributed by atoms with Gasteiger partial charge in [0, 0.05) is 36.2 Å². The summed E-state index contributed by atoms with van der Waals surface area (Å²) in [5, 5.41) is 11.3. The van der Waals surface area contributed by atoms with E-state index in [9.17, 15) is 19.7 Å². The van der Waals surface area contributed by atoms with E-state index in [4.69, 9.17) is 4.74 Å². The number of esters is 1. The van der Waals surface area contributed by atoms with Crippen molar-refractivity contribution in [2.24, 2.45) is 5.41 Å². The van der Waals surface area contributed by atoms with Crippen LogP contribution in [0.4, 0.5) is 5.69 Å². The molecule has 2 aromatic rings. The van der Waals surface area contributed by atoms with Crippen molar-refractivity contribution >= 4 is 17.6 Å². The molecule has 0 aromatic heterocycles. The minimum atomic E-state index is -0.634. The number of carbonyl (C=O) groups is 2. The molecule has 0 radical (unpaired) electrons. The summed E-state index contributed by atoms with van der Waals surface area (Å²) in [6.07, 6.45) is 1.00. The van der Waals surface area contributed by atoms with E-state index in [1.165, 1.54) is 25.3 Å². The van der Waals surface area contributed by atoms with Gasteiger partial charge in [0.15, 0.2) is 0 Å². The normalized spacial score (nSPS) is 14.7. The lowest BCUT2D eigenvalue weighted by atomic mass is 9.79. The number of amides is 1. The molecule has 0 bridgehead atoms. The van der Waals surface area contributed by atoms with E-state index in [1.54, 1.807) is 29.2 Å². The molecule has 1 amide bonds. The Hall–Kier alpha value is -3.42. The number of likely N-dealkylation sites (tertiary alicyclic amines) is 1. The van der Waals surface area contributed by atoms with E-state index in [0.717, 1.165) is 6.42 Å². The number of nitro benzene ring substituents is 1. The predicted molar refractivity (Wildman–Crippen MR) is 105 cm³/mol. The maximum absolute atomic E-state index is 12.7. The molecule has 2 aromatic carbocycles. The quantitative estimate of drug-likeness (QED) is 0.414. The lowest BCUT2D eigenvalue weighted by molar-refractivity contribution is -0.385. The Balaban J connectivity index is 1.84. The Morgan fingerprint density at radius 3 is 2.52 bits per heavy atom. The Kier molecular flexibility index (Phi) is 5.54. The van der Waals surface area contributed by atoms with Crippen molar-refractivity contribution in [2.45, 2.75) is 20.3 Å². The van der Waals surface area contributed by atoms with E-state index < -0.39 is 10.9 Å². The fraction of sp³-hybridized carbons (Fsp3) is 0.333. The molecular weight excluding hydrogens is 376 g/mol. The summed E-state index contributed by atoms with van der Waals surface area (Å²) in [5.41, 5.74) is 0.418. The number of hydrogen-bond acceptors (Lipinski definition) is 6. The van der Waals surface area contributed by atoms with Crippen LogP contribution in [-0.4, -0.2) is 41.9 Å². The van der Waals surface area contributed by atoms with E-state index >= 15 is 0 Å². The minimum absolute atomic E-state index is 0.106. The van der Waals surface area contributed by atoms with Gasteiger partial charge >= 0.3 is 11.7 Å². The lowest BCUT2D eigenvalue weighted by Gasteiger charge is -2.47. The molecule has 0 unspecified atom stereocenters. The molecule has 0 aliphatic carbocycles. The van der Waals surface area contributed by atoms with Crippen LogP contribution in [0.2, 0.25) is 0 Å². The number of rotatable bonds is 6. The highest BCUT2D eigenvalue weighted by molar-refractivity contribution is 5.95. The van der Waals surface area contributed by atoms with Crippen LogP contribution in [0.5, 0.6) is 11.5 Å². The number of nitrogens with zero attached hydrogens (tertiary/aromatic N) is 2. The van der Waals surface area contributed by atoms with Gasteiger partial charge in [0.2, 0.25) is 5.75 Å². The number of methoxy groups -OCH3 is 1. The Morgan fingerprint density at radius 1 is 1.17 bits per heavy atom. The summed E-state index contributed by atoms with van der Waals surface area (Å²) >= 11 is 0. The number of nitro groups is 1. The van der Waals surface area contributed by atoms with Gasteiger partial charge in [0.25, 0.3) is 5.91 Å². The third kappa shape index (κ3) is 4.21. The van der Waals surface area contributed by atoms with Gasteiger partial charge in [0.1, 0.15) is 5.75 Å². The number of ether oxygens (including phenoxy) is 2. The molecule has 1 heterocycles. The van der Waals surface area contributed by atoms with Crippen LogP contribution in [0.1, 0.15) is 41.0 Å². The fourth-order valence-electron chi connectivity index (χ4n) is 3.24. The second kappa shape index (κ2) is 7.90. The number of hydrogen-bond donors (Lipinski definition) is 0. The monoisotopic (exact) mass is 398 g/mol. The average Bonchev–Trinajstić information content (AvgIpc) is 2.70. The van der Waals surface area contributed by atoms with Crippen molar-refractivity contribution in [1.82, 2.24) is 4.90 Å². The molecule has 1 aliphatic heterocycles. The molecule has 3 rings (SSSR count). The van der Waals surface area contributed by atoms with Crippen molar-refractivity contribution in [3.63, 3.8) is 0 Å². The second-order valence-corrected chi connectivity index (χ2v) is 7.39. The van der Waals surface area contributed by atoms with Crippen LogP contribution in [-0.2, 0) is 4.74 Å². The zero-order chi connectivity index (χ0) is 21.2. The molecule has 1 fully saturated rings. The highest BCUT2D eigenvalue weighted by Crippen LogP contribution is 2.35. The summed E-state index contributed by atoms with van der Waals surface area (Å²) < 4.78 is 10.3. The van der Waals surface area contributed by atoms with Gasteiger partial charge < -0.3 is 14.4 Å². The van der Waals surface area contributed by atoms with Crippen LogP contribution >= 0.6 is 0 Å². The summed E-state index contributed by atoms with van der Waals surface area (Å²) in [6, 6.07) is 10.2. The molecule has 152 valence electrons. The molecule has 0 saturated carbocycles. The van der Waals surface area contributed by atoms with Crippen molar-refractivity contribution in [2.75, 3.05) is 20.2 Å². The van der Waals surface area contributed by atoms with E-state index in [-0.39, 0.29) is 34.1 Å². The molecule has 0 N–H and O–H groups in total. The van der Waals surface area contributed by atoms with Crippen LogP contribution in [0, 0.1) is 15.5 Å². The zero-order valence-corrected chi connectivity index (χ0v) is 16.5. The predicted octanol–water partition coefficient (Wildman–Crippen LogP) is 4.05. The largest absolute Gasteiger partial charge is 0.465 e. The van der Waals surface area contributed by atoms with Gasteiger partial charge in [-0.15, -0.1) is 0 Å². The van der Waals surface area contributed by atoms with Gasteiger partial charge in [-0.1, -0.05) is 19.9 Å². The second-order valence-electron chi connectivity index (χ2n) is 7.39. The molecule has 29 heavy (non-hydrogen) atoms. The van der Waals surface area contributed by atoms with Gasteiger partial charge in [-0.2, -0.15) is 0 Å². The van der Waals surface area contributed by atoms with Crippen molar-refractivity contribution < 1.29 is 24.0 Å². The first-order valence-electron chi connectivity index (χ1n) is 9.20. The SMILES string of the molecule is CCC1(C)CN(C(=O)c2cccc(Oc3cc(C(=O)OC)ccc3[N+](=O)[O-])c2)C1. The van der Waals surface area contributed by atoms with Crippen LogP contribution in [0.3, 0.4) is 0 Å². The summed E-state index contributed by atoms with van der Waals surface area (Å²) in [4.78, 5) is 36.9. The fourth-order valence-corrected chi connectivity index (χ4v) is 3.24. The molecule has 1 saturated heterocycles. The minimum Gasteiger partial charge on any atom is -0.465 e. The lowest BCUT2D eigenvalue weighted by Crippen LogP contribution is -2.56. The third-order valence-electron chi connectivity index (χ3n) is 5.17. The van der Waals surface area contributed by atoms with Crippen LogP contribution in [0.15, 0.2) is 42.5 Å². The van der Waals surface area contributed by atoms with Gasteiger partial charge in [0.05, 0.1) is 17.6 Å². The first-order valence-corrected chi connectivity index (χ1v) is 9.20. The molecule has 0 atom stereocenters. The standard InChI is InChI=1S/C21H22N2O6/c1-4-21(2)12-22(13-21)19(24)14-6-5-7-16(10-14)29-18-11-15(20(25)28-3)8-9-17(18)23(26)27/h5-11H,4,12-13H2,1-3H3. The van der Waals surface area contributed by atoms with Crippen molar-refractivity contribution in [1.29, 1.82) is 0 Å². The average molecular weight is 398 g/mol. The highest BCUT2D eigenvalue weighted by atomic mass is 16.6. The maximum Gasteiger partial charge on any atom is 0.337 e. The van der Waals surface area contributed by atoms with Gasteiger partial charge in [-0.25, -0.2) is 4.79 Å². The van der Waals surface area contributed by atoms with Crippen molar-refractivity contribution in [3.8, 4) is 11.5 Å². The topological polar surface area (TPSA) is 99.0 Å². The zero-order valence-electron chi connectivity index (χ0n) is 16.5. The summed E-state index contributed by atoms with van der Waals surface area (Å²) in [7, 11) is 1.22. The molecule has 0 spiro atoms. The number of carbonyl (C=O) groups excluding carboxylic acids is 2. The van der Waals surface area contributed by atoms with Crippen molar-refractivity contribution in [3.05, 3.63) is 63.7 Å². The van der Waals surface area contributed by atoms with Gasteiger partial charge in [-0.3, -0.25) is 14.9 Å². The molecule has 8 heteroatoms. The summed E-state index contributed by atoms with van der Waals surface area (Å²) in [6.45, 7) is 5.63. The maximum atomic E-state index is 12.7. The number of benzene rings is 2. The molecule has 8 nitrogen and oxygen atoms in total. The van der Waals surface area contributed by atoms with E-state index in [2.05, 4.69) is 18.6 Å². The van der Waals surface area contributed by atoms with Crippen LogP contribution in [0.25, 0.3) is 0 Å². The Bertz CT molecular complexity index is 965. The molecular formula is C21H22N2O6. The smallest absolute Gasteiger partial charge is 0.337 e. The first kappa shape index (κ1) is 20.3. The molecule has 1 aliphatic rings. The summed E-state index contributed by atoms with van der Waals surface area (Å²) in [5.74, 6) is -0.589. The Morgan fingerprint density at radius 2 is 1.90 bits per heavy atom. The third-order valence-corrected chi connectivity index (χ3v) is 5.17.